The number of thiophene rings is 1. The van der Waals surface area contributed by atoms with Crippen LogP contribution in [0.2, 0.25) is 0 Å². The molecule has 34 heavy (non-hydrogen) atoms. The first kappa shape index (κ1) is 25.2. The van der Waals surface area contributed by atoms with Gasteiger partial charge in [-0.15, -0.1) is 11.3 Å². The summed E-state index contributed by atoms with van der Waals surface area (Å²) in [5.41, 5.74) is 7.08. The molecule has 3 aromatic rings. The molecule has 3 heteroatoms. The fourth-order valence-corrected chi connectivity index (χ4v) is 5.87. The predicted octanol–water partition coefficient (Wildman–Crippen LogP) is 7.77. The number of nitrogens with one attached hydrogen (secondary N) is 2. The normalized spacial score (nSPS) is 15.6. The molecule has 0 unspecified atom stereocenters. The van der Waals surface area contributed by atoms with Crippen LogP contribution in [0, 0.1) is 5.92 Å². The Morgan fingerprint density at radius 2 is 1.32 bits per heavy atom. The molecule has 1 fully saturated rings. The Morgan fingerprint density at radius 1 is 0.794 bits per heavy atom. The minimum absolute atomic E-state index is 0.169. The minimum atomic E-state index is 0.169. The summed E-state index contributed by atoms with van der Waals surface area (Å²) in [7, 11) is 0. The smallest absolute Gasteiger partial charge is 0.0424 e. The van der Waals surface area contributed by atoms with E-state index in [2.05, 4.69) is 107 Å². The van der Waals surface area contributed by atoms with Gasteiger partial charge in [0.1, 0.15) is 0 Å². The van der Waals surface area contributed by atoms with Gasteiger partial charge in [-0.05, 0) is 77.5 Å². The van der Waals surface area contributed by atoms with Crippen LogP contribution in [0.15, 0.2) is 54.6 Å². The maximum atomic E-state index is 3.76. The van der Waals surface area contributed by atoms with E-state index in [9.17, 15) is 0 Å². The molecule has 0 radical (unpaired) electrons. The van der Waals surface area contributed by atoms with E-state index in [1.807, 2.05) is 11.3 Å². The molecule has 4 rings (SSSR count). The van der Waals surface area contributed by atoms with E-state index in [1.54, 1.807) is 0 Å². The molecule has 182 valence electrons. The van der Waals surface area contributed by atoms with E-state index < -0.39 is 0 Å². The molecule has 1 saturated heterocycles. The second-order valence-electron chi connectivity index (χ2n) is 11.9. The molecule has 1 aliphatic heterocycles. The third-order valence-corrected chi connectivity index (χ3v) is 8.23. The minimum Gasteiger partial charge on any atom is -0.317 e. The highest BCUT2D eigenvalue weighted by atomic mass is 32.1. The van der Waals surface area contributed by atoms with Crippen LogP contribution in [0.25, 0.3) is 21.6 Å². The van der Waals surface area contributed by atoms with Crippen LogP contribution >= 0.6 is 11.3 Å². The van der Waals surface area contributed by atoms with E-state index in [0.717, 1.165) is 32.1 Å². The van der Waals surface area contributed by atoms with Gasteiger partial charge in [0.25, 0.3) is 0 Å². The fraction of sp³-hybridized carbons (Fsp3) is 0.484. The van der Waals surface area contributed by atoms with Gasteiger partial charge in [-0.1, -0.05) is 90.1 Å². The van der Waals surface area contributed by atoms with Crippen molar-refractivity contribution in [2.75, 3.05) is 19.6 Å². The Kier molecular flexibility index (Phi) is 7.66. The van der Waals surface area contributed by atoms with Crippen molar-refractivity contribution in [3.63, 3.8) is 0 Å². The summed E-state index contributed by atoms with van der Waals surface area (Å²) >= 11 is 1.94. The lowest BCUT2D eigenvalue weighted by Gasteiger charge is -2.22. The molecule has 2 N–H and O–H groups in total. The monoisotopic (exact) mass is 474 g/mol. The standard InChI is InChI=1S/C31H42N2S/c1-30(2,3)25-11-7-23(8-12-25)28-19-27(21-33-20-22-15-17-32-18-16-22)34-29(28)24-9-13-26(14-10-24)31(4,5)6/h7-14,19,22,32-33H,15-18,20-21H2,1-6H3. The SMILES string of the molecule is CC(C)(C)c1ccc(-c2cc(CNCC3CCNCC3)sc2-c2ccc(C(C)(C)C)cc2)cc1. The molecule has 0 saturated carbocycles. The number of hydrogen-bond donors (Lipinski definition) is 2. The summed E-state index contributed by atoms with van der Waals surface area (Å²) in [5, 5.41) is 7.23. The molecule has 0 amide bonds. The van der Waals surface area contributed by atoms with Gasteiger partial charge in [0.15, 0.2) is 0 Å². The average molecular weight is 475 g/mol. The molecular formula is C31H42N2S. The Hall–Kier alpha value is -1.94. The summed E-state index contributed by atoms with van der Waals surface area (Å²) in [4.78, 5) is 2.79. The number of piperidine rings is 1. The first-order valence-corrected chi connectivity index (χ1v) is 13.7. The Balaban J connectivity index is 1.61. The van der Waals surface area contributed by atoms with Gasteiger partial charge in [-0.25, -0.2) is 0 Å². The summed E-state index contributed by atoms with van der Waals surface area (Å²) in [5.74, 6) is 0.801. The lowest BCUT2D eigenvalue weighted by Crippen LogP contribution is -2.33. The van der Waals surface area contributed by atoms with Crippen molar-refractivity contribution < 1.29 is 0 Å². The molecule has 0 spiro atoms. The lowest BCUT2D eigenvalue weighted by molar-refractivity contribution is 0.357. The maximum absolute atomic E-state index is 3.76. The molecule has 1 aliphatic rings. The van der Waals surface area contributed by atoms with E-state index in [-0.39, 0.29) is 10.8 Å². The van der Waals surface area contributed by atoms with E-state index in [0.29, 0.717) is 0 Å². The zero-order valence-electron chi connectivity index (χ0n) is 21.9. The van der Waals surface area contributed by atoms with Gasteiger partial charge in [0.2, 0.25) is 0 Å². The van der Waals surface area contributed by atoms with Crippen LogP contribution < -0.4 is 10.6 Å². The predicted molar refractivity (Wildman–Crippen MR) is 150 cm³/mol. The molecule has 2 heterocycles. The Labute approximate surface area is 211 Å². The summed E-state index contributed by atoms with van der Waals surface area (Å²) < 4.78 is 0. The van der Waals surface area contributed by atoms with E-state index >= 15 is 0 Å². The summed E-state index contributed by atoms with van der Waals surface area (Å²) in [6.45, 7) is 18.1. The van der Waals surface area contributed by atoms with Crippen LogP contribution in [-0.4, -0.2) is 19.6 Å². The second kappa shape index (κ2) is 10.4. The van der Waals surface area contributed by atoms with Crippen molar-refractivity contribution in [2.45, 2.75) is 71.8 Å². The molecule has 0 bridgehead atoms. The van der Waals surface area contributed by atoms with Crippen molar-refractivity contribution >= 4 is 11.3 Å². The zero-order chi connectivity index (χ0) is 24.3. The molecular weight excluding hydrogens is 432 g/mol. The molecule has 0 atom stereocenters. The number of rotatable bonds is 6. The van der Waals surface area contributed by atoms with Gasteiger partial charge in [0.05, 0.1) is 0 Å². The number of benzene rings is 2. The van der Waals surface area contributed by atoms with Gasteiger partial charge < -0.3 is 10.6 Å². The van der Waals surface area contributed by atoms with E-state index in [1.165, 1.54) is 50.4 Å². The molecule has 1 aromatic heterocycles. The highest BCUT2D eigenvalue weighted by molar-refractivity contribution is 7.16. The Morgan fingerprint density at radius 3 is 1.85 bits per heavy atom. The molecule has 2 nitrogen and oxygen atoms in total. The quantitative estimate of drug-likeness (QED) is 0.381. The van der Waals surface area contributed by atoms with E-state index in [4.69, 9.17) is 0 Å². The van der Waals surface area contributed by atoms with Crippen molar-refractivity contribution in [2.24, 2.45) is 5.92 Å². The first-order valence-electron chi connectivity index (χ1n) is 12.9. The van der Waals surface area contributed by atoms with Crippen LogP contribution in [0.3, 0.4) is 0 Å². The fourth-order valence-electron chi connectivity index (χ4n) is 4.71. The van der Waals surface area contributed by atoms with Crippen molar-refractivity contribution in [1.29, 1.82) is 0 Å². The van der Waals surface area contributed by atoms with Gasteiger partial charge in [-0.3, -0.25) is 0 Å². The largest absolute Gasteiger partial charge is 0.317 e. The number of hydrogen-bond acceptors (Lipinski definition) is 3. The summed E-state index contributed by atoms with van der Waals surface area (Å²) in [6, 6.07) is 20.9. The Bertz CT molecular complexity index is 982. The third kappa shape index (κ3) is 6.19. The second-order valence-corrected chi connectivity index (χ2v) is 13.1. The highest BCUT2D eigenvalue weighted by Crippen LogP contribution is 2.40. The highest BCUT2D eigenvalue weighted by Gasteiger charge is 2.18. The lowest BCUT2D eigenvalue weighted by atomic mass is 9.85. The van der Waals surface area contributed by atoms with Crippen LogP contribution in [0.5, 0.6) is 0 Å². The van der Waals surface area contributed by atoms with Gasteiger partial charge in [0, 0.05) is 21.9 Å². The van der Waals surface area contributed by atoms with Crippen LogP contribution in [-0.2, 0) is 17.4 Å². The average Bonchev–Trinajstić information content (AvgIpc) is 3.23. The maximum Gasteiger partial charge on any atom is 0.0424 e. The first-order chi connectivity index (χ1) is 16.1. The van der Waals surface area contributed by atoms with Gasteiger partial charge >= 0.3 is 0 Å². The van der Waals surface area contributed by atoms with Crippen LogP contribution in [0.1, 0.15) is 70.4 Å². The topological polar surface area (TPSA) is 24.1 Å². The summed E-state index contributed by atoms with van der Waals surface area (Å²) in [6.07, 6.45) is 2.57. The molecule has 2 aromatic carbocycles. The van der Waals surface area contributed by atoms with Crippen molar-refractivity contribution in [3.05, 3.63) is 70.6 Å². The zero-order valence-corrected chi connectivity index (χ0v) is 22.7. The van der Waals surface area contributed by atoms with Crippen molar-refractivity contribution in [1.82, 2.24) is 10.6 Å². The van der Waals surface area contributed by atoms with Crippen LogP contribution in [0.4, 0.5) is 0 Å². The van der Waals surface area contributed by atoms with Gasteiger partial charge in [-0.2, -0.15) is 0 Å². The molecule has 0 aliphatic carbocycles. The van der Waals surface area contributed by atoms with Crippen molar-refractivity contribution in [3.8, 4) is 21.6 Å². The third-order valence-electron chi connectivity index (χ3n) is 7.05.